The Morgan fingerprint density at radius 1 is 1.36 bits per heavy atom. The van der Waals surface area contributed by atoms with E-state index in [1.165, 1.54) is 12.7 Å². The maximum Gasteiger partial charge on any atom is 0.254 e. The molecule has 0 aliphatic carbocycles. The van der Waals surface area contributed by atoms with Crippen LogP contribution in [0, 0.1) is 11.8 Å². The Balaban J connectivity index is 1.86. The lowest BCUT2D eigenvalue weighted by Crippen LogP contribution is -2.43. The van der Waals surface area contributed by atoms with Crippen molar-refractivity contribution < 1.29 is 4.79 Å². The van der Waals surface area contributed by atoms with Gasteiger partial charge >= 0.3 is 0 Å². The van der Waals surface area contributed by atoms with E-state index in [9.17, 15) is 4.79 Å². The summed E-state index contributed by atoms with van der Waals surface area (Å²) >= 11 is 0. The summed E-state index contributed by atoms with van der Waals surface area (Å²) < 4.78 is 0. The number of piperidine rings is 1. The van der Waals surface area contributed by atoms with E-state index in [4.69, 9.17) is 0 Å². The van der Waals surface area contributed by atoms with Crippen LogP contribution in [0.15, 0.2) is 12.5 Å². The lowest BCUT2D eigenvalue weighted by Gasteiger charge is -2.34. The summed E-state index contributed by atoms with van der Waals surface area (Å²) in [4.78, 5) is 23.0. The van der Waals surface area contributed by atoms with E-state index >= 15 is 0 Å². The highest BCUT2D eigenvalue weighted by Crippen LogP contribution is 2.20. The first-order chi connectivity index (χ1) is 10.5. The Kier molecular flexibility index (Phi) is 5.89. The first kappa shape index (κ1) is 16.9. The third kappa shape index (κ3) is 4.50. The second-order valence-electron chi connectivity index (χ2n) is 6.94. The molecule has 1 aliphatic rings. The fourth-order valence-electron chi connectivity index (χ4n) is 3.37. The Labute approximate surface area is 133 Å². The highest BCUT2D eigenvalue weighted by molar-refractivity contribution is 5.95. The Morgan fingerprint density at radius 3 is 2.68 bits per heavy atom. The number of carbonyl (C=O) groups excluding carboxylic acids is 1. The molecule has 0 aromatic carbocycles. The second kappa shape index (κ2) is 7.68. The summed E-state index contributed by atoms with van der Waals surface area (Å²) in [7, 11) is 0. The van der Waals surface area contributed by atoms with Crippen LogP contribution in [0.3, 0.4) is 0 Å². The lowest BCUT2D eigenvalue weighted by atomic mass is 9.92. The number of hydrogen-bond acceptors (Lipinski definition) is 4. The predicted octanol–water partition coefficient (Wildman–Crippen LogP) is 2.31. The zero-order valence-corrected chi connectivity index (χ0v) is 14.2. The van der Waals surface area contributed by atoms with Gasteiger partial charge in [0.1, 0.15) is 6.33 Å². The second-order valence-corrected chi connectivity index (χ2v) is 6.94. The van der Waals surface area contributed by atoms with Gasteiger partial charge in [-0.25, -0.2) is 9.97 Å². The molecule has 0 unspecified atom stereocenters. The van der Waals surface area contributed by atoms with Gasteiger partial charge in [-0.1, -0.05) is 27.7 Å². The monoisotopic (exact) mass is 304 g/mol. The highest BCUT2D eigenvalue weighted by Gasteiger charge is 2.21. The number of likely N-dealkylation sites (tertiary alicyclic amines) is 1. The number of nitrogens with one attached hydrogen (secondary N) is 1. The number of hydrogen-bond donors (Lipinski definition) is 1. The van der Waals surface area contributed by atoms with Crippen molar-refractivity contribution >= 4 is 5.91 Å². The molecule has 122 valence electrons. The van der Waals surface area contributed by atoms with Gasteiger partial charge < -0.3 is 10.2 Å². The van der Waals surface area contributed by atoms with Gasteiger partial charge in [0.25, 0.3) is 5.91 Å². The number of amides is 1. The third-order valence-electron chi connectivity index (χ3n) is 4.19. The lowest BCUT2D eigenvalue weighted by molar-refractivity contribution is 0.0934. The van der Waals surface area contributed by atoms with Crippen LogP contribution in [0.2, 0.25) is 0 Å². The van der Waals surface area contributed by atoms with E-state index in [0.717, 1.165) is 37.2 Å². The minimum absolute atomic E-state index is 0.0672. The number of carbonyl (C=O) groups is 1. The minimum Gasteiger partial charge on any atom is -0.351 e. The van der Waals surface area contributed by atoms with Crippen LogP contribution in [0.4, 0.5) is 0 Å². The molecule has 22 heavy (non-hydrogen) atoms. The fraction of sp³-hybridized carbons (Fsp3) is 0.706. The van der Waals surface area contributed by atoms with Crippen LogP contribution in [0.5, 0.6) is 0 Å². The summed E-state index contributed by atoms with van der Waals surface area (Å²) in [6, 6.07) is 0. The van der Waals surface area contributed by atoms with Crippen LogP contribution in [-0.4, -0.2) is 47.0 Å². The van der Waals surface area contributed by atoms with Gasteiger partial charge in [0, 0.05) is 32.4 Å². The van der Waals surface area contributed by atoms with Gasteiger partial charge in [0.05, 0.1) is 11.3 Å². The normalized spacial score (nSPS) is 22.8. The van der Waals surface area contributed by atoms with Crippen molar-refractivity contribution in [3.05, 3.63) is 23.8 Å². The summed E-state index contributed by atoms with van der Waals surface area (Å²) in [5, 5.41) is 3.01. The minimum atomic E-state index is -0.0672. The van der Waals surface area contributed by atoms with E-state index in [1.54, 1.807) is 6.20 Å². The zero-order valence-electron chi connectivity index (χ0n) is 14.2. The van der Waals surface area contributed by atoms with Crippen LogP contribution in [0.1, 0.15) is 56.1 Å². The summed E-state index contributed by atoms with van der Waals surface area (Å²) in [6.07, 6.45) is 4.42. The average Bonchev–Trinajstić information content (AvgIpc) is 2.46. The average molecular weight is 304 g/mol. The maximum absolute atomic E-state index is 12.3. The number of aromatic nitrogens is 2. The molecule has 2 heterocycles. The van der Waals surface area contributed by atoms with Crippen molar-refractivity contribution in [2.75, 3.05) is 26.2 Å². The molecular weight excluding hydrogens is 276 g/mol. The summed E-state index contributed by atoms with van der Waals surface area (Å²) in [6.45, 7) is 12.5. The van der Waals surface area contributed by atoms with E-state index in [1.807, 2.05) is 13.8 Å². The molecule has 0 radical (unpaired) electrons. The van der Waals surface area contributed by atoms with Crippen molar-refractivity contribution in [1.82, 2.24) is 20.2 Å². The molecule has 0 bridgehead atoms. The van der Waals surface area contributed by atoms with Crippen LogP contribution >= 0.6 is 0 Å². The molecule has 1 aliphatic heterocycles. The molecule has 5 heteroatoms. The van der Waals surface area contributed by atoms with E-state index in [-0.39, 0.29) is 11.8 Å². The predicted molar refractivity (Wildman–Crippen MR) is 87.8 cm³/mol. The quantitative estimate of drug-likeness (QED) is 0.907. The topological polar surface area (TPSA) is 58.1 Å². The number of nitrogens with zero attached hydrogens (tertiary/aromatic N) is 3. The van der Waals surface area contributed by atoms with E-state index in [2.05, 4.69) is 34.0 Å². The molecule has 2 atom stereocenters. The van der Waals surface area contributed by atoms with Gasteiger partial charge in [-0.3, -0.25) is 4.79 Å². The molecular formula is C17H28N4O. The first-order valence-electron chi connectivity index (χ1n) is 8.27. The Morgan fingerprint density at radius 2 is 2.05 bits per heavy atom. The Bertz CT molecular complexity index is 493. The van der Waals surface area contributed by atoms with Crippen molar-refractivity contribution in [2.45, 2.75) is 40.0 Å². The molecule has 2 rings (SSSR count). The molecule has 5 nitrogen and oxygen atoms in total. The van der Waals surface area contributed by atoms with Crippen LogP contribution in [0.25, 0.3) is 0 Å². The van der Waals surface area contributed by atoms with Crippen molar-refractivity contribution in [1.29, 1.82) is 0 Å². The van der Waals surface area contributed by atoms with Gasteiger partial charge in [0.15, 0.2) is 0 Å². The molecule has 0 spiro atoms. The SMILES string of the molecule is CC(C)c1ncncc1C(=O)NCCN1C[C@@H](C)C[C@H](C)C1. The maximum atomic E-state index is 12.3. The van der Waals surface area contributed by atoms with Crippen molar-refractivity contribution in [2.24, 2.45) is 11.8 Å². The van der Waals surface area contributed by atoms with Crippen molar-refractivity contribution in [3.8, 4) is 0 Å². The number of rotatable bonds is 5. The van der Waals surface area contributed by atoms with Crippen LogP contribution < -0.4 is 5.32 Å². The zero-order chi connectivity index (χ0) is 16.1. The summed E-state index contributed by atoms with van der Waals surface area (Å²) in [5.74, 6) is 1.64. The first-order valence-corrected chi connectivity index (χ1v) is 8.27. The molecule has 1 fully saturated rings. The molecule has 0 saturated carbocycles. The molecule has 1 amide bonds. The molecule has 1 aromatic heterocycles. The van der Waals surface area contributed by atoms with E-state index < -0.39 is 0 Å². The Hall–Kier alpha value is -1.49. The van der Waals surface area contributed by atoms with E-state index in [0.29, 0.717) is 12.1 Å². The van der Waals surface area contributed by atoms with Gasteiger partial charge in [-0.2, -0.15) is 0 Å². The van der Waals surface area contributed by atoms with Crippen molar-refractivity contribution in [3.63, 3.8) is 0 Å². The van der Waals surface area contributed by atoms with Gasteiger partial charge in [0.2, 0.25) is 0 Å². The smallest absolute Gasteiger partial charge is 0.254 e. The van der Waals surface area contributed by atoms with Gasteiger partial charge in [-0.05, 0) is 24.2 Å². The standard InChI is InChI=1S/C17H28N4O/c1-12(2)16-15(8-18-11-20-16)17(22)19-5-6-21-9-13(3)7-14(4)10-21/h8,11-14H,5-7,9-10H2,1-4H3,(H,19,22)/t13-,14-/m0/s1. The van der Waals surface area contributed by atoms with Gasteiger partial charge in [-0.15, -0.1) is 0 Å². The molecule has 1 aromatic rings. The largest absolute Gasteiger partial charge is 0.351 e. The van der Waals surface area contributed by atoms with Crippen LogP contribution in [-0.2, 0) is 0 Å². The molecule has 1 N–H and O–H groups in total. The molecule has 1 saturated heterocycles. The summed E-state index contributed by atoms with van der Waals surface area (Å²) in [5.41, 5.74) is 1.41. The fourth-order valence-corrected chi connectivity index (χ4v) is 3.37. The highest BCUT2D eigenvalue weighted by atomic mass is 16.1. The third-order valence-corrected chi connectivity index (χ3v) is 4.19.